The number of furan rings is 1. The molecule has 1 aliphatic heterocycles. The molecule has 0 N–H and O–H groups in total. The van der Waals surface area contributed by atoms with Crippen molar-refractivity contribution in [2.24, 2.45) is 0 Å². The maximum Gasteiger partial charge on any atom is 0.290 e. The van der Waals surface area contributed by atoms with Crippen LogP contribution in [0.25, 0.3) is 0 Å². The maximum atomic E-state index is 12.7. The highest BCUT2D eigenvalue weighted by atomic mass is 16.3. The summed E-state index contributed by atoms with van der Waals surface area (Å²) in [5.41, 5.74) is 3.23. The summed E-state index contributed by atoms with van der Waals surface area (Å²) < 4.78 is 5.16. The lowest BCUT2D eigenvalue weighted by molar-refractivity contribution is -0.124. The number of benzene rings is 1. The van der Waals surface area contributed by atoms with Gasteiger partial charge in [0.15, 0.2) is 5.76 Å². The van der Waals surface area contributed by atoms with Gasteiger partial charge in [-0.1, -0.05) is 6.07 Å². The number of rotatable bonds is 2. The van der Waals surface area contributed by atoms with Crippen LogP contribution in [0.15, 0.2) is 41.0 Å². The molecule has 3 rings (SSSR count). The molecule has 0 aliphatic carbocycles. The highest BCUT2D eigenvalue weighted by Gasteiger charge is 2.36. The van der Waals surface area contributed by atoms with Gasteiger partial charge < -0.3 is 14.2 Å². The van der Waals surface area contributed by atoms with Crippen LogP contribution < -0.4 is 4.90 Å². The van der Waals surface area contributed by atoms with Crippen LogP contribution in [0.1, 0.15) is 28.6 Å². The molecule has 1 fully saturated rings. The van der Waals surface area contributed by atoms with Crippen molar-refractivity contribution in [1.82, 2.24) is 4.90 Å². The van der Waals surface area contributed by atoms with Crippen LogP contribution in [0.3, 0.4) is 0 Å². The Morgan fingerprint density at radius 3 is 2.61 bits per heavy atom. The first-order valence-corrected chi connectivity index (χ1v) is 7.72. The Bertz CT molecular complexity index is 737. The van der Waals surface area contributed by atoms with E-state index in [4.69, 9.17) is 4.42 Å². The predicted octanol–water partition coefficient (Wildman–Crippen LogP) is 2.77. The van der Waals surface area contributed by atoms with E-state index in [-0.39, 0.29) is 17.6 Å². The number of nitrogens with zero attached hydrogens (tertiary/aromatic N) is 2. The van der Waals surface area contributed by atoms with Crippen LogP contribution in [0.2, 0.25) is 0 Å². The first-order valence-electron chi connectivity index (χ1n) is 7.72. The van der Waals surface area contributed by atoms with Crippen molar-refractivity contribution in [3.63, 3.8) is 0 Å². The van der Waals surface area contributed by atoms with Gasteiger partial charge in [-0.3, -0.25) is 9.59 Å². The Morgan fingerprint density at radius 2 is 1.96 bits per heavy atom. The van der Waals surface area contributed by atoms with Crippen LogP contribution in [0.5, 0.6) is 0 Å². The molecular formula is C18H20N2O3. The second-order valence-corrected chi connectivity index (χ2v) is 5.91. The monoisotopic (exact) mass is 312 g/mol. The van der Waals surface area contributed by atoms with E-state index in [0.717, 1.165) is 11.3 Å². The number of amides is 2. The van der Waals surface area contributed by atoms with Gasteiger partial charge in [0.05, 0.1) is 6.26 Å². The molecule has 0 bridgehead atoms. The van der Waals surface area contributed by atoms with Crippen molar-refractivity contribution in [1.29, 1.82) is 0 Å². The molecule has 1 aromatic heterocycles. The zero-order valence-electron chi connectivity index (χ0n) is 13.6. The van der Waals surface area contributed by atoms with Gasteiger partial charge in [0, 0.05) is 18.8 Å². The Morgan fingerprint density at radius 1 is 1.17 bits per heavy atom. The van der Waals surface area contributed by atoms with Crippen LogP contribution in [-0.4, -0.2) is 35.8 Å². The molecule has 120 valence electrons. The fourth-order valence-electron chi connectivity index (χ4n) is 2.84. The Hall–Kier alpha value is -2.56. The number of piperazine rings is 1. The lowest BCUT2D eigenvalue weighted by Crippen LogP contribution is -2.57. The van der Waals surface area contributed by atoms with Crippen LogP contribution in [0.4, 0.5) is 5.69 Å². The smallest absolute Gasteiger partial charge is 0.290 e. The fourth-order valence-corrected chi connectivity index (χ4v) is 2.84. The number of aryl methyl sites for hydroxylation is 2. The molecule has 2 aromatic rings. The summed E-state index contributed by atoms with van der Waals surface area (Å²) in [6, 6.07) is 8.77. The number of hydrogen-bond donors (Lipinski definition) is 0. The van der Waals surface area contributed by atoms with E-state index in [1.54, 1.807) is 28.9 Å². The van der Waals surface area contributed by atoms with E-state index in [1.807, 2.05) is 32.0 Å². The average molecular weight is 312 g/mol. The predicted molar refractivity (Wildman–Crippen MR) is 87.5 cm³/mol. The van der Waals surface area contributed by atoms with Gasteiger partial charge in [0.2, 0.25) is 5.91 Å². The second-order valence-electron chi connectivity index (χ2n) is 5.91. The van der Waals surface area contributed by atoms with Crippen LogP contribution in [0, 0.1) is 13.8 Å². The maximum absolute atomic E-state index is 12.7. The first-order chi connectivity index (χ1) is 11.0. The average Bonchev–Trinajstić information content (AvgIpc) is 3.06. The van der Waals surface area contributed by atoms with Gasteiger partial charge in [0.1, 0.15) is 6.04 Å². The van der Waals surface area contributed by atoms with Crippen molar-refractivity contribution in [2.45, 2.75) is 26.8 Å². The molecule has 0 spiro atoms. The summed E-state index contributed by atoms with van der Waals surface area (Å²) in [7, 11) is 0. The lowest BCUT2D eigenvalue weighted by Gasteiger charge is -2.38. The minimum Gasteiger partial charge on any atom is -0.459 e. The molecule has 1 saturated heterocycles. The summed E-state index contributed by atoms with van der Waals surface area (Å²) in [5, 5.41) is 0. The van der Waals surface area contributed by atoms with E-state index in [0.29, 0.717) is 13.1 Å². The van der Waals surface area contributed by atoms with Crippen molar-refractivity contribution in [2.75, 3.05) is 18.0 Å². The summed E-state index contributed by atoms with van der Waals surface area (Å²) in [4.78, 5) is 28.4. The van der Waals surface area contributed by atoms with Gasteiger partial charge in [-0.05, 0) is 56.2 Å². The third kappa shape index (κ3) is 2.74. The summed E-state index contributed by atoms with van der Waals surface area (Å²) in [5.74, 6) is -0.0423. The van der Waals surface area contributed by atoms with E-state index in [2.05, 4.69) is 0 Å². The van der Waals surface area contributed by atoms with E-state index in [1.165, 1.54) is 11.8 Å². The highest BCUT2D eigenvalue weighted by Crippen LogP contribution is 2.24. The van der Waals surface area contributed by atoms with Crippen LogP contribution >= 0.6 is 0 Å². The molecular weight excluding hydrogens is 292 g/mol. The number of carbonyl (C=O) groups excluding carboxylic acids is 2. The summed E-state index contributed by atoms with van der Waals surface area (Å²) in [6.45, 7) is 6.81. The van der Waals surface area contributed by atoms with Gasteiger partial charge >= 0.3 is 0 Å². The quantitative estimate of drug-likeness (QED) is 0.857. The number of carbonyl (C=O) groups is 2. The zero-order valence-corrected chi connectivity index (χ0v) is 13.6. The van der Waals surface area contributed by atoms with E-state index >= 15 is 0 Å². The lowest BCUT2D eigenvalue weighted by atomic mass is 10.1. The minimum atomic E-state index is -0.511. The van der Waals surface area contributed by atoms with E-state index < -0.39 is 6.04 Å². The topological polar surface area (TPSA) is 53.8 Å². The summed E-state index contributed by atoms with van der Waals surface area (Å²) in [6.07, 6.45) is 1.46. The molecule has 0 radical (unpaired) electrons. The number of anilines is 1. The SMILES string of the molecule is Cc1ccc(N2CCN(C(=O)c3ccco3)C(C)C2=O)cc1C. The third-order valence-electron chi connectivity index (χ3n) is 4.45. The Labute approximate surface area is 135 Å². The van der Waals surface area contributed by atoms with Crippen molar-refractivity contribution in [3.05, 3.63) is 53.5 Å². The molecule has 1 aromatic carbocycles. The second kappa shape index (κ2) is 5.91. The fraction of sp³-hybridized carbons (Fsp3) is 0.333. The molecule has 5 nitrogen and oxygen atoms in total. The normalized spacial score (nSPS) is 18.4. The molecule has 0 saturated carbocycles. The van der Waals surface area contributed by atoms with Crippen molar-refractivity contribution < 1.29 is 14.0 Å². The molecule has 23 heavy (non-hydrogen) atoms. The molecule has 2 amide bonds. The van der Waals surface area contributed by atoms with E-state index in [9.17, 15) is 9.59 Å². The molecule has 5 heteroatoms. The van der Waals surface area contributed by atoms with Gasteiger partial charge in [-0.2, -0.15) is 0 Å². The molecule has 1 atom stereocenters. The van der Waals surface area contributed by atoms with Crippen LogP contribution in [-0.2, 0) is 4.79 Å². The summed E-state index contributed by atoms with van der Waals surface area (Å²) >= 11 is 0. The molecule has 1 unspecified atom stereocenters. The highest BCUT2D eigenvalue weighted by molar-refractivity contribution is 6.02. The standard InChI is InChI=1S/C18H20N2O3/c1-12-6-7-15(11-13(12)2)20-9-8-19(14(3)17(20)21)18(22)16-5-4-10-23-16/h4-7,10-11,14H,8-9H2,1-3H3. The zero-order chi connectivity index (χ0) is 16.6. The minimum absolute atomic E-state index is 0.0700. The van der Waals surface area contributed by atoms with Gasteiger partial charge in [-0.15, -0.1) is 0 Å². The Balaban J connectivity index is 1.81. The van der Waals surface area contributed by atoms with Crippen molar-refractivity contribution in [3.8, 4) is 0 Å². The van der Waals surface area contributed by atoms with Gasteiger partial charge in [0.25, 0.3) is 5.91 Å². The van der Waals surface area contributed by atoms with Crippen molar-refractivity contribution >= 4 is 17.5 Å². The Kier molecular flexibility index (Phi) is 3.94. The number of hydrogen-bond acceptors (Lipinski definition) is 3. The molecule has 2 heterocycles. The third-order valence-corrected chi connectivity index (χ3v) is 4.45. The first kappa shape index (κ1) is 15.3. The molecule has 1 aliphatic rings. The largest absolute Gasteiger partial charge is 0.459 e. The van der Waals surface area contributed by atoms with Gasteiger partial charge in [-0.25, -0.2) is 0 Å².